The largest absolute Gasteiger partial charge is 0.497 e. The highest BCUT2D eigenvalue weighted by atomic mass is 19.4. The van der Waals surface area contributed by atoms with Crippen LogP contribution in [0, 0.1) is 5.92 Å². The summed E-state index contributed by atoms with van der Waals surface area (Å²) in [6, 6.07) is 9.42. The maximum atomic E-state index is 14.0. The van der Waals surface area contributed by atoms with Crippen molar-refractivity contribution in [1.82, 2.24) is 10.6 Å². The molecule has 32 heavy (non-hydrogen) atoms. The lowest BCUT2D eigenvalue weighted by Crippen LogP contribution is -2.72. The number of hydrogen-bond acceptors (Lipinski definition) is 4. The van der Waals surface area contributed by atoms with Crippen molar-refractivity contribution in [2.75, 3.05) is 7.11 Å². The number of methoxy groups -OCH3 is 1. The normalized spacial score (nSPS) is 23.8. The second kappa shape index (κ2) is 8.12. The van der Waals surface area contributed by atoms with Crippen molar-refractivity contribution in [2.24, 2.45) is 5.92 Å². The molecule has 9 heteroatoms. The van der Waals surface area contributed by atoms with Crippen molar-refractivity contribution in [3.8, 4) is 5.75 Å². The highest BCUT2D eigenvalue weighted by Crippen LogP contribution is 2.44. The van der Waals surface area contributed by atoms with Crippen molar-refractivity contribution in [1.29, 1.82) is 0 Å². The van der Waals surface area contributed by atoms with E-state index in [9.17, 15) is 27.9 Å². The molecule has 172 valence electrons. The van der Waals surface area contributed by atoms with Crippen LogP contribution in [-0.4, -0.2) is 35.9 Å². The Morgan fingerprint density at radius 2 is 1.59 bits per heavy atom. The average molecular weight is 450 g/mol. The van der Waals surface area contributed by atoms with E-state index in [1.165, 1.54) is 36.7 Å². The first-order valence-corrected chi connectivity index (χ1v) is 9.94. The molecule has 2 aromatic rings. The lowest BCUT2D eigenvalue weighted by atomic mass is 9.76. The fraction of sp³-hybridized carbons (Fsp3) is 0.391. The van der Waals surface area contributed by atoms with Gasteiger partial charge in [0, 0.05) is 5.56 Å². The minimum atomic E-state index is -5.30. The lowest BCUT2D eigenvalue weighted by Gasteiger charge is -2.45. The molecule has 0 spiro atoms. The maximum Gasteiger partial charge on any atom is 0.437 e. The molecule has 0 aromatic heterocycles. The fourth-order valence-corrected chi connectivity index (χ4v) is 3.74. The summed E-state index contributed by atoms with van der Waals surface area (Å²) in [7, 11) is 1.41. The van der Waals surface area contributed by atoms with Crippen LogP contribution >= 0.6 is 0 Å². The molecule has 2 amide bonds. The Bertz CT molecular complexity index is 998. The van der Waals surface area contributed by atoms with E-state index in [0.29, 0.717) is 5.75 Å². The molecular formula is C23H25F3N2O4. The topological polar surface area (TPSA) is 87.7 Å². The Morgan fingerprint density at radius 3 is 2.06 bits per heavy atom. The minimum Gasteiger partial charge on any atom is -0.497 e. The van der Waals surface area contributed by atoms with Crippen LogP contribution in [0.1, 0.15) is 48.3 Å². The Kier molecular flexibility index (Phi) is 5.99. The van der Waals surface area contributed by atoms with E-state index >= 15 is 0 Å². The molecule has 1 saturated heterocycles. The van der Waals surface area contributed by atoms with Gasteiger partial charge in [-0.3, -0.25) is 4.79 Å². The summed E-state index contributed by atoms with van der Waals surface area (Å²) in [6.45, 7) is 5.94. The summed E-state index contributed by atoms with van der Waals surface area (Å²) in [5.74, 6) is -2.64. The van der Waals surface area contributed by atoms with Crippen LogP contribution < -0.4 is 15.4 Å². The Labute approximate surface area is 183 Å². The number of carbonyl (C=O) groups is 2. The summed E-state index contributed by atoms with van der Waals surface area (Å²) >= 11 is 0. The molecule has 0 bridgehead atoms. The molecule has 1 heterocycles. The highest BCUT2D eigenvalue weighted by molar-refractivity contribution is 6.00. The van der Waals surface area contributed by atoms with Gasteiger partial charge in [-0.1, -0.05) is 45.0 Å². The number of amides is 2. The smallest absolute Gasteiger partial charge is 0.437 e. The third-order valence-electron chi connectivity index (χ3n) is 5.60. The predicted molar refractivity (Wildman–Crippen MR) is 111 cm³/mol. The van der Waals surface area contributed by atoms with Gasteiger partial charge in [0.2, 0.25) is 5.72 Å². The molecule has 0 radical (unpaired) electrons. The van der Waals surface area contributed by atoms with E-state index < -0.39 is 35.7 Å². The van der Waals surface area contributed by atoms with Gasteiger partial charge >= 0.3 is 12.2 Å². The second-order valence-electron chi connectivity index (χ2n) is 8.78. The van der Waals surface area contributed by atoms with Crippen molar-refractivity contribution in [2.45, 2.75) is 44.1 Å². The number of rotatable bonds is 4. The molecule has 1 fully saturated rings. The third-order valence-corrected chi connectivity index (χ3v) is 5.60. The number of ether oxygens (including phenoxy) is 1. The van der Waals surface area contributed by atoms with Crippen LogP contribution in [0.4, 0.5) is 18.0 Å². The van der Waals surface area contributed by atoms with Gasteiger partial charge in [0.15, 0.2) is 5.78 Å². The van der Waals surface area contributed by atoms with Crippen molar-refractivity contribution >= 4 is 11.8 Å². The molecule has 0 unspecified atom stereocenters. The lowest BCUT2D eigenvalue weighted by molar-refractivity contribution is -0.287. The summed E-state index contributed by atoms with van der Waals surface area (Å²) in [4.78, 5) is 25.4. The van der Waals surface area contributed by atoms with Gasteiger partial charge < -0.3 is 20.5 Å². The maximum absolute atomic E-state index is 14.0. The SMILES string of the molecule is COc1ccc(C(=O)[C@@H]2[C@@H](c3ccc(C(C)(C)C)cc3)NC(=O)N[C@]2(O)C(F)(F)F)cc1. The number of hydrogen-bond donors (Lipinski definition) is 3. The van der Waals surface area contributed by atoms with E-state index in [-0.39, 0.29) is 16.5 Å². The van der Waals surface area contributed by atoms with Crippen LogP contribution in [0.25, 0.3) is 0 Å². The minimum absolute atomic E-state index is 0.0623. The van der Waals surface area contributed by atoms with Crippen molar-refractivity contribution in [3.63, 3.8) is 0 Å². The van der Waals surface area contributed by atoms with Crippen LogP contribution in [0.2, 0.25) is 0 Å². The predicted octanol–water partition coefficient (Wildman–Crippen LogP) is 4.10. The number of Topliss-reactive ketones (excluding diaryl/α,β-unsaturated/α-hetero) is 1. The van der Waals surface area contributed by atoms with Gasteiger partial charge in [-0.05, 0) is 40.8 Å². The van der Waals surface area contributed by atoms with Crippen LogP contribution in [-0.2, 0) is 5.41 Å². The summed E-state index contributed by atoms with van der Waals surface area (Å²) in [6.07, 6.45) is -5.30. The molecule has 0 aliphatic carbocycles. The molecule has 1 aliphatic rings. The van der Waals surface area contributed by atoms with Gasteiger partial charge in [0.1, 0.15) is 11.7 Å². The summed E-state index contributed by atoms with van der Waals surface area (Å²) in [5.41, 5.74) is -2.85. The molecule has 3 atom stereocenters. The van der Waals surface area contributed by atoms with Crippen molar-refractivity contribution in [3.05, 3.63) is 65.2 Å². The first-order chi connectivity index (χ1) is 14.8. The van der Waals surface area contributed by atoms with Gasteiger partial charge in [-0.25, -0.2) is 4.79 Å². The van der Waals surface area contributed by atoms with Crippen LogP contribution in [0.5, 0.6) is 5.75 Å². The van der Waals surface area contributed by atoms with Crippen molar-refractivity contribution < 1.29 is 32.6 Å². The van der Waals surface area contributed by atoms with E-state index in [2.05, 4.69) is 5.32 Å². The first kappa shape index (κ1) is 23.6. The highest BCUT2D eigenvalue weighted by Gasteiger charge is 2.66. The van der Waals surface area contributed by atoms with E-state index in [1.54, 1.807) is 24.3 Å². The van der Waals surface area contributed by atoms with Crippen LogP contribution in [0.3, 0.4) is 0 Å². The Morgan fingerprint density at radius 1 is 1.03 bits per heavy atom. The molecule has 0 saturated carbocycles. The molecule has 3 rings (SSSR count). The quantitative estimate of drug-likeness (QED) is 0.612. The van der Waals surface area contributed by atoms with Gasteiger partial charge in [0.25, 0.3) is 0 Å². The number of ketones is 1. The number of urea groups is 1. The molecule has 3 N–H and O–H groups in total. The molecule has 2 aromatic carbocycles. The zero-order valence-corrected chi connectivity index (χ0v) is 18.1. The van der Waals surface area contributed by atoms with Crippen LogP contribution in [0.15, 0.2) is 48.5 Å². The molecule has 6 nitrogen and oxygen atoms in total. The monoisotopic (exact) mass is 450 g/mol. The fourth-order valence-electron chi connectivity index (χ4n) is 3.74. The van der Waals surface area contributed by atoms with E-state index in [0.717, 1.165) is 5.56 Å². The first-order valence-electron chi connectivity index (χ1n) is 9.94. The van der Waals surface area contributed by atoms with Gasteiger partial charge in [0.05, 0.1) is 13.2 Å². The number of nitrogens with one attached hydrogen (secondary N) is 2. The van der Waals surface area contributed by atoms with E-state index in [1.807, 2.05) is 20.8 Å². The number of aliphatic hydroxyl groups is 1. The average Bonchev–Trinajstić information content (AvgIpc) is 2.71. The molecular weight excluding hydrogens is 425 g/mol. The van der Waals surface area contributed by atoms with Gasteiger partial charge in [-0.15, -0.1) is 0 Å². The van der Waals surface area contributed by atoms with E-state index in [4.69, 9.17) is 4.74 Å². The zero-order chi connectivity index (χ0) is 23.9. The standard InChI is InChI=1S/C23H25F3N2O4/c1-21(2,3)15-9-5-13(6-10-15)18-17(19(29)14-7-11-16(32-4)12-8-14)22(31,23(24,25)26)28-20(30)27-18/h5-12,17-18,31H,1-4H3,(H2,27,28,30)/t17-,18+,22+/m0/s1. The summed E-state index contributed by atoms with van der Waals surface area (Å²) < 4.78 is 47.0. The summed E-state index contributed by atoms with van der Waals surface area (Å²) in [5, 5.41) is 14.6. The Hall–Kier alpha value is -3.07. The number of carbonyl (C=O) groups excluding carboxylic acids is 2. The number of halogens is 3. The number of benzene rings is 2. The number of alkyl halides is 3. The second-order valence-corrected chi connectivity index (χ2v) is 8.78. The van der Waals surface area contributed by atoms with Gasteiger partial charge in [-0.2, -0.15) is 13.2 Å². The molecule has 1 aliphatic heterocycles. The third kappa shape index (κ3) is 4.29. The zero-order valence-electron chi connectivity index (χ0n) is 18.1. The Balaban J connectivity index is 2.12.